The molecule has 0 aliphatic heterocycles. The van der Waals surface area contributed by atoms with E-state index in [1.54, 1.807) is 0 Å². The van der Waals surface area contributed by atoms with Crippen molar-refractivity contribution in [3.8, 4) is 11.5 Å². The van der Waals surface area contributed by atoms with Crippen LogP contribution < -0.4 is 9.47 Å². The van der Waals surface area contributed by atoms with Crippen molar-refractivity contribution in [3.05, 3.63) is 77.6 Å². The summed E-state index contributed by atoms with van der Waals surface area (Å²) in [4.78, 5) is 20.9. The molecule has 0 unspecified atom stereocenters. The summed E-state index contributed by atoms with van der Waals surface area (Å²) >= 11 is 0. The number of carboxylic acid groups (broad SMARTS) is 2. The summed E-state index contributed by atoms with van der Waals surface area (Å²) in [6.07, 6.45) is -17.1. The molecular formula is C32H34F10O13S3. The summed E-state index contributed by atoms with van der Waals surface area (Å²) in [5.74, 6) is -4.60. The van der Waals surface area contributed by atoms with E-state index >= 15 is 0 Å². The van der Waals surface area contributed by atoms with E-state index in [0.29, 0.717) is 6.92 Å². The topological polar surface area (TPSA) is 216 Å². The molecule has 13 nitrogen and oxygen atoms in total. The van der Waals surface area contributed by atoms with E-state index < -0.39 is 101 Å². The number of carbonyl (C=O) groups is 2. The predicted octanol–water partition coefficient (Wildman–Crippen LogP) is 6.39. The molecule has 0 spiro atoms. The summed E-state index contributed by atoms with van der Waals surface area (Å²) in [5, 5.41) is 25.2. The number of halogens is 10. The number of aliphatic hydroxyl groups excluding tert-OH is 1. The van der Waals surface area contributed by atoms with E-state index in [9.17, 15) is 78.7 Å². The van der Waals surface area contributed by atoms with Gasteiger partial charge in [-0.3, -0.25) is 0 Å². The molecule has 0 amide bonds. The Morgan fingerprint density at radius 3 is 1.21 bits per heavy atom. The molecule has 3 aromatic carbocycles. The van der Waals surface area contributed by atoms with E-state index in [0.717, 1.165) is 69.0 Å². The van der Waals surface area contributed by atoms with E-state index in [4.69, 9.17) is 15.3 Å². The summed E-state index contributed by atoms with van der Waals surface area (Å²) in [5.41, 5.74) is -1.29. The van der Waals surface area contributed by atoms with Crippen LogP contribution in [0.1, 0.15) is 41.5 Å². The van der Waals surface area contributed by atoms with Crippen LogP contribution in [-0.4, -0.2) is 108 Å². The highest BCUT2D eigenvalue weighted by Gasteiger charge is 2.39. The fourth-order valence-electron chi connectivity index (χ4n) is 3.20. The Balaban J connectivity index is 0.000000785. The van der Waals surface area contributed by atoms with Crippen LogP contribution in [0.2, 0.25) is 0 Å². The number of aliphatic hydroxyl groups is 1. The average Bonchev–Trinajstić information content (AvgIpc) is 3.03. The number of aromatic carboxylic acids is 2. The van der Waals surface area contributed by atoms with Gasteiger partial charge in [0.15, 0.2) is 41.7 Å². The molecule has 0 saturated heterocycles. The van der Waals surface area contributed by atoms with Crippen molar-refractivity contribution in [2.75, 3.05) is 18.8 Å². The van der Waals surface area contributed by atoms with Crippen LogP contribution in [0.5, 0.6) is 11.5 Å². The maximum absolute atomic E-state index is 12.8. The minimum Gasteiger partial charge on any atom is -0.481 e. The molecule has 0 bridgehead atoms. The van der Waals surface area contributed by atoms with Crippen molar-refractivity contribution < 1.29 is 104 Å². The number of ether oxygens (including phenoxy) is 2. The molecule has 26 heteroatoms. The minimum atomic E-state index is -4.66. The molecule has 3 atom stereocenters. The summed E-state index contributed by atoms with van der Waals surface area (Å²) in [6.45, 7) is 2.28. The van der Waals surface area contributed by atoms with Crippen LogP contribution in [-0.2, 0) is 29.5 Å². The second-order valence-electron chi connectivity index (χ2n) is 11.5. The van der Waals surface area contributed by atoms with Crippen molar-refractivity contribution in [1.82, 2.24) is 0 Å². The molecule has 0 radical (unpaired) electrons. The van der Waals surface area contributed by atoms with E-state index in [1.165, 1.54) is 24.3 Å². The maximum atomic E-state index is 12.8. The standard InChI is InChI=1S/C11H11F3O5S.C10H11F3O3S.C8H7FO4S.C3H5F3O/c1-6(11(12,13)14)19-9-4-3-7(20(2,17)18)5-8(9)10(15)16;1-7(10(11,12)13)16-8-3-5-9(6-4-8)17(2,14)15;1-14(12,13)5-2-3-7(9)6(4-5)8(10)11;1-2(7)3(4,5)6/h3-6H,1-2H3,(H,15,16);3-7H,1-2H3;2-4H,1H3,(H,10,11);2,7H,1H3/t6-;7-;;2-/m00.0/s1. The third-order valence-electron chi connectivity index (χ3n) is 6.47. The van der Waals surface area contributed by atoms with Gasteiger partial charge in [-0.25, -0.2) is 39.2 Å². The van der Waals surface area contributed by atoms with Gasteiger partial charge in [-0.1, -0.05) is 0 Å². The summed E-state index contributed by atoms with van der Waals surface area (Å²) in [7, 11) is -10.5. The lowest BCUT2D eigenvalue weighted by Crippen LogP contribution is -2.31. The second-order valence-corrected chi connectivity index (χ2v) is 17.6. The van der Waals surface area contributed by atoms with Gasteiger partial charge in [0.1, 0.15) is 29.0 Å². The van der Waals surface area contributed by atoms with Crippen LogP contribution in [0, 0.1) is 5.82 Å². The van der Waals surface area contributed by atoms with Crippen LogP contribution in [0.15, 0.2) is 75.4 Å². The Labute approximate surface area is 324 Å². The number of hydrogen-bond donors (Lipinski definition) is 3. The van der Waals surface area contributed by atoms with E-state index in [-0.39, 0.29) is 20.4 Å². The van der Waals surface area contributed by atoms with Gasteiger partial charge in [0.05, 0.1) is 20.2 Å². The average molecular weight is 913 g/mol. The summed E-state index contributed by atoms with van der Waals surface area (Å²) in [6, 6.07) is 10.1. The smallest absolute Gasteiger partial charge is 0.425 e. The minimum absolute atomic E-state index is 0.0257. The van der Waals surface area contributed by atoms with Gasteiger partial charge in [0, 0.05) is 18.8 Å². The predicted molar refractivity (Wildman–Crippen MR) is 183 cm³/mol. The number of hydrogen-bond acceptors (Lipinski definition) is 11. The van der Waals surface area contributed by atoms with Crippen molar-refractivity contribution in [1.29, 1.82) is 0 Å². The Bertz CT molecular complexity index is 2200. The van der Waals surface area contributed by atoms with Crippen LogP contribution in [0.3, 0.4) is 0 Å². The maximum Gasteiger partial charge on any atom is 0.425 e. The zero-order chi connectivity index (χ0) is 46.0. The SMILES string of the molecule is CS(=O)(=O)c1ccc(F)c(C(=O)O)c1.C[C@H](O)C(F)(F)F.C[C@H](Oc1ccc(S(C)(=O)=O)cc1)C(F)(F)F.C[C@H](Oc1ccc(S(C)(=O)=O)cc1C(=O)O)C(F)(F)F. The lowest BCUT2D eigenvalue weighted by molar-refractivity contribution is -0.197. The van der Waals surface area contributed by atoms with Gasteiger partial charge >= 0.3 is 30.5 Å². The fraction of sp³-hybridized carbons (Fsp3) is 0.375. The second kappa shape index (κ2) is 20.3. The Morgan fingerprint density at radius 2 is 0.879 bits per heavy atom. The van der Waals surface area contributed by atoms with Crippen LogP contribution in [0.4, 0.5) is 43.9 Å². The lowest BCUT2D eigenvalue weighted by atomic mass is 10.2. The van der Waals surface area contributed by atoms with Crippen molar-refractivity contribution in [2.45, 2.75) is 72.3 Å². The van der Waals surface area contributed by atoms with Crippen LogP contribution >= 0.6 is 0 Å². The first-order valence-electron chi connectivity index (χ1n) is 15.1. The number of carboxylic acids is 2. The van der Waals surface area contributed by atoms with E-state index in [2.05, 4.69) is 9.47 Å². The highest BCUT2D eigenvalue weighted by atomic mass is 32.2. The summed E-state index contributed by atoms with van der Waals surface area (Å²) < 4.78 is 195. The van der Waals surface area contributed by atoms with Gasteiger partial charge in [0.25, 0.3) is 0 Å². The lowest BCUT2D eigenvalue weighted by Gasteiger charge is -2.19. The quantitative estimate of drug-likeness (QED) is 0.157. The number of alkyl halides is 9. The molecule has 58 heavy (non-hydrogen) atoms. The van der Waals surface area contributed by atoms with Crippen LogP contribution in [0.25, 0.3) is 0 Å². The number of sulfone groups is 3. The zero-order valence-corrected chi connectivity index (χ0v) is 32.9. The highest BCUT2D eigenvalue weighted by molar-refractivity contribution is 7.91. The fourth-order valence-corrected chi connectivity index (χ4v) is 5.13. The van der Waals surface area contributed by atoms with Crippen molar-refractivity contribution in [2.24, 2.45) is 0 Å². The Morgan fingerprint density at radius 1 is 0.552 bits per heavy atom. The normalized spacial score (nSPS) is 13.7. The molecule has 3 aromatic rings. The molecular weight excluding hydrogens is 879 g/mol. The molecule has 328 valence electrons. The number of benzene rings is 3. The van der Waals surface area contributed by atoms with Crippen molar-refractivity contribution >= 4 is 41.5 Å². The van der Waals surface area contributed by atoms with Crippen molar-refractivity contribution in [3.63, 3.8) is 0 Å². The van der Waals surface area contributed by atoms with Gasteiger partial charge in [0.2, 0.25) is 0 Å². The largest absolute Gasteiger partial charge is 0.481 e. The first-order valence-corrected chi connectivity index (χ1v) is 20.8. The van der Waals surface area contributed by atoms with Gasteiger partial charge in [-0.05, 0) is 81.4 Å². The zero-order valence-electron chi connectivity index (χ0n) is 30.4. The number of rotatable bonds is 9. The first-order chi connectivity index (χ1) is 25.8. The molecule has 0 aliphatic rings. The van der Waals surface area contributed by atoms with Gasteiger partial charge in [-0.15, -0.1) is 0 Å². The van der Waals surface area contributed by atoms with Gasteiger partial charge < -0.3 is 24.8 Å². The third-order valence-corrected chi connectivity index (χ3v) is 9.82. The molecule has 0 aromatic heterocycles. The van der Waals surface area contributed by atoms with E-state index in [1.807, 2.05) is 0 Å². The third kappa shape index (κ3) is 18.7. The molecule has 3 rings (SSSR count). The first kappa shape index (κ1) is 53.3. The monoisotopic (exact) mass is 912 g/mol. The Hall–Kier alpha value is -4.69. The Kier molecular flexibility index (Phi) is 18.7. The molecule has 3 N–H and O–H groups in total. The highest BCUT2D eigenvalue weighted by Crippen LogP contribution is 2.29. The molecule has 0 heterocycles. The molecule has 0 fully saturated rings. The molecule has 0 saturated carbocycles. The molecule has 0 aliphatic carbocycles. The van der Waals surface area contributed by atoms with Gasteiger partial charge in [-0.2, -0.15) is 39.5 Å².